The lowest BCUT2D eigenvalue weighted by Crippen LogP contribution is -2.18. The fourth-order valence-corrected chi connectivity index (χ4v) is 0.359. The van der Waals surface area contributed by atoms with E-state index in [1.165, 1.54) is 0 Å². The average Bonchev–Trinajstić information content (AvgIpc) is 1.86. The molecule has 64 valence electrons. The van der Waals surface area contributed by atoms with Crippen LogP contribution in [0, 0.1) is 0 Å². The van der Waals surface area contributed by atoms with E-state index in [9.17, 15) is 4.79 Å². The van der Waals surface area contributed by atoms with Crippen LogP contribution in [0.4, 0.5) is 0 Å². The Kier molecular flexibility index (Phi) is 4.61. The number of aliphatic carboxylic acids is 1. The van der Waals surface area contributed by atoms with Gasteiger partial charge in [0.2, 0.25) is 0 Å². The van der Waals surface area contributed by atoms with Crippen LogP contribution in [0.3, 0.4) is 0 Å². The molecular weight excluding hydrogens is 170 g/mol. The van der Waals surface area contributed by atoms with Crippen LogP contribution in [0.25, 0.3) is 0 Å². The van der Waals surface area contributed by atoms with Crippen molar-refractivity contribution in [3.8, 4) is 0 Å². The summed E-state index contributed by atoms with van der Waals surface area (Å²) in [7, 11) is 0. The lowest BCUT2D eigenvalue weighted by atomic mass is 10.5. The highest BCUT2D eigenvalue weighted by Gasteiger charge is 2.13. The van der Waals surface area contributed by atoms with Gasteiger partial charge in [-0.15, -0.1) is 11.6 Å². The maximum atomic E-state index is 10.1. The lowest BCUT2D eigenvalue weighted by Gasteiger charge is -2.01. The molecule has 0 aromatic rings. The third-order valence-electron chi connectivity index (χ3n) is 0.736. The van der Waals surface area contributed by atoms with Gasteiger partial charge in [-0.05, 0) is 13.8 Å². The molecule has 5 heteroatoms. The topological polar surface area (TPSA) is 58.9 Å². The van der Waals surface area contributed by atoms with Gasteiger partial charge in [-0.2, -0.15) is 0 Å². The second-order valence-corrected chi connectivity index (χ2v) is 2.67. The minimum atomic E-state index is -1.10. The van der Waals surface area contributed by atoms with Gasteiger partial charge < -0.3 is 9.94 Å². The van der Waals surface area contributed by atoms with E-state index < -0.39 is 11.3 Å². The highest BCUT2D eigenvalue weighted by atomic mass is 35.5. The Labute approximate surface area is 69.8 Å². The normalized spacial score (nSPS) is 11.9. The second kappa shape index (κ2) is 4.96. The molecule has 0 heterocycles. The van der Waals surface area contributed by atoms with E-state index in [0.717, 1.165) is 5.71 Å². The summed E-state index contributed by atoms with van der Waals surface area (Å²) in [6.07, 6.45) is 0. The van der Waals surface area contributed by atoms with Crippen LogP contribution < -0.4 is 0 Å². The zero-order valence-electron chi connectivity index (χ0n) is 6.37. The molecule has 0 amide bonds. The molecule has 0 spiro atoms. The van der Waals surface area contributed by atoms with Crippen molar-refractivity contribution < 1.29 is 14.7 Å². The minimum absolute atomic E-state index is 0.109. The van der Waals surface area contributed by atoms with Crippen molar-refractivity contribution in [2.45, 2.75) is 19.2 Å². The van der Waals surface area contributed by atoms with Gasteiger partial charge >= 0.3 is 5.97 Å². The highest BCUT2D eigenvalue weighted by Crippen LogP contribution is 1.96. The van der Waals surface area contributed by atoms with Gasteiger partial charge in [0.15, 0.2) is 5.38 Å². The standard InChI is InChI=1S/C6H10ClNO3/c1-4(2)8-11-3-5(7)6(9)10/h5H,3H2,1-2H3,(H,9,10). The Balaban J connectivity index is 3.55. The molecule has 4 nitrogen and oxygen atoms in total. The molecule has 0 aromatic heterocycles. The average molecular weight is 180 g/mol. The van der Waals surface area contributed by atoms with Crippen molar-refractivity contribution >= 4 is 23.3 Å². The second-order valence-electron chi connectivity index (χ2n) is 2.14. The fourth-order valence-electron chi connectivity index (χ4n) is 0.303. The zero-order valence-corrected chi connectivity index (χ0v) is 7.13. The van der Waals surface area contributed by atoms with Gasteiger partial charge in [0, 0.05) is 0 Å². The van der Waals surface area contributed by atoms with Gasteiger partial charge in [-0.1, -0.05) is 5.16 Å². The number of alkyl halides is 1. The third kappa shape index (κ3) is 5.66. The van der Waals surface area contributed by atoms with Gasteiger partial charge in [-0.3, -0.25) is 4.79 Å². The van der Waals surface area contributed by atoms with Crippen molar-refractivity contribution in [3.05, 3.63) is 0 Å². The van der Waals surface area contributed by atoms with Crippen LogP contribution in [0.2, 0.25) is 0 Å². The van der Waals surface area contributed by atoms with E-state index in [1.807, 2.05) is 0 Å². The number of carbonyl (C=O) groups is 1. The Morgan fingerprint density at radius 1 is 1.73 bits per heavy atom. The van der Waals surface area contributed by atoms with Crippen molar-refractivity contribution in [2.75, 3.05) is 6.61 Å². The summed E-state index contributed by atoms with van der Waals surface area (Å²) in [5.74, 6) is -1.10. The predicted octanol–water partition coefficient (Wildman–Crippen LogP) is 1.09. The molecule has 0 aliphatic carbocycles. The van der Waals surface area contributed by atoms with E-state index >= 15 is 0 Å². The van der Waals surface area contributed by atoms with E-state index in [-0.39, 0.29) is 6.61 Å². The van der Waals surface area contributed by atoms with Crippen LogP contribution in [0.15, 0.2) is 5.16 Å². The molecule has 0 fully saturated rings. The molecule has 0 bridgehead atoms. The van der Waals surface area contributed by atoms with E-state index in [4.69, 9.17) is 16.7 Å². The fraction of sp³-hybridized carbons (Fsp3) is 0.667. The predicted molar refractivity (Wildman–Crippen MR) is 42.0 cm³/mol. The molecule has 1 unspecified atom stereocenters. The van der Waals surface area contributed by atoms with Crippen LogP contribution in [0.5, 0.6) is 0 Å². The van der Waals surface area contributed by atoms with Crippen molar-refractivity contribution in [1.82, 2.24) is 0 Å². The quantitative estimate of drug-likeness (QED) is 0.399. The van der Waals surface area contributed by atoms with Crippen LogP contribution >= 0.6 is 11.6 Å². The van der Waals surface area contributed by atoms with Gasteiger partial charge in [0.05, 0.1) is 5.71 Å². The van der Waals surface area contributed by atoms with Crippen molar-refractivity contribution in [3.63, 3.8) is 0 Å². The first kappa shape index (κ1) is 10.2. The smallest absolute Gasteiger partial charge is 0.325 e. The number of oxime groups is 1. The number of nitrogens with zero attached hydrogens (tertiary/aromatic N) is 1. The van der Waals surface area contributed by atoms with Crippen LogP contribution in [0.1, 0.15) is 13.8 Å². The van der Waals surface area contributed by atoms with Crippen molar-refractivity contribution in [2.24, 2.45) is 5.16 Å². The van der Waals surface area contributed by atoms with Crippen molar-refractivity contribution in [1.29, 1.82) is 0 Å². The molecule has 0 rings (SSSR count). The van der Waals surface area contributed by atoms with E-state index in [2.05, 4.69) is 9.99 Å². The number of halogens is 1. The summed E-state index contributed by atoms with van der Waals surface area (Å²) in [5.41, 5.74) is 0.722. The van der Waals surface area contributed by atoms with Gasteiger partial charge in [-0.25, -0.2) is 0 Å². The Bertz CT molecular complexity index is 165. The van der Waals surface area contributed by atoms with Crippen LogP contribution in [-0.2, 0) is 9.63 Å². The van der Waals surface area contributed by atoms with E-state index in [0.29, 0.717) is 0 Å². The lowest BCUT2D eigenvalue weighted by molar-refractivity contribution is -0.137. The summed E-state index contributed by atoms with van der Waals surface area (Å²) in [6, 6.07) is 0. The number of hydrogen-bond acceptors (Lipinski definition) is 3. The largest absolute Gasteiger partial charge is 0.480 e. The third-order valence-corrected chi connectivity index (χ3v) is 1.05. The minimum Gasteiger partial charge on any atom is -0.480 e. The number of rotatable bonds is 4. The number of carboxylic acids is 1. The summed E-state index contributed by atoms with van der Waals surface area (Å²) >= 11 is 5.31. The Hall–Kier alpha value is -0.770. The molecule has 0 aromatic carbocycles. The molecule has 0 radical (unpaired) electrons. The molecule has 0 saturated carbocycles. The zero-order chi connectivity index (χ0) is 8.85. The maximum Gasteiger partial charge on any atom is 0.325 e. The summed E-state index contributed by atoms with van der Waals surface area (Å²) in [6.45, 7) is 3.37. The first-order valence-corrected chi connectivity index (χ1v) is 3.47. The molecule has 1 atom stereocenters. The molecule has 1 N–H and O–H groups in total. The van der Waals surface area contributed by atoms with Crippen LogP contribution in [-0.4, -0.2) is 28.8 Å². The first-order valence-electron chi connectivity index (χ1n) is 3.04. The molecule has 0 aliphatic heterocycles. The molecular formula is C6H10ClNO3. The Morgan fingerprint density at radius 2 is 2.27 bits per heavy atom. The number of hydrogen-bond donors (Lipinski definition) is 1. The summed E-state index contributed by atoms with van der Waals surface area (Å²) < 4.78 is 0. The summed E-state index contributed by atoms with van der Waals surface area (Å²) in [5, 5.41) is 10.8. The molecule has 0 aliphatic rings. The highest BCUT2D eigenvalue weighted by molar-refractivity contribution is 6.29. The first-order chi connectivity index (χ1) is 5.04. The summed E-state index contributed by atoms with van der Waals surface area (Å²) in [4.78, 5) is 14.7. The maximum absolute atomic E-state index is 10.1. The monoisotopic (exact) mass is 179 g/mol. The molecule has 11 heavy (non-hydrogen) atoms. The SMILES string of the molecule is CC(C)=NOCC(Cl)C(=O)O. The van der Waals surface area contributed by atoms with Gasteiger partial charge in [0.25, 0.3) is 0 Å². The number of carboxylic acid groups (broad SMARTS) is 1. The Morgan fingerprint density at radius 3 is 2.64 bits per heavy atom. The van der Waals surface area contributed by atoms with E-state index in [1.54, 1.807) is 13.8 Å². The van der Waals surface area contributed by atoms with Gasteiger partial charge in [0.1, 0.15) is 6.61 Å². The molecule has 0 saturated heterocycles.